The molecular formula is C20H21ClN2O2. The van der Waals surface area contributed by atoms with E-state index in [9.17, 15) is 4.79 Å². The van der Waals surface area contributed by atoms with Crippen molar-refractivity contribution in [2.75, 3.05) is 0 Å². The van der Waals surface area contributed by atoms with Gasteiger partial charge in [0.05, 0.1) is 24.4 Å². The summed E-state index contributed by atoms with van der Waals surface area (Å²) in [7, 11) is 0. The van der Waals surface area contributed by atoms with Gasteiger partial charge in [-0.25, -0.2) is 0 Å². The van der Waals surface area contributed by atoms with Crippen molar-refractivity contribution in [1.29, 1.82) is 0 Å². The average Bonchev–Trinajstić information content (AvgIpc) is 3.18. The van der Waals surface area contributed by atoms with Gasteiger partial charge < -0.3 is 14.3 Å². The summed E-state index contributed by atoms with van der Waals surface area (Å²) < 4.78 is 7.50. The second kappa shape index (κ2) is 7.19. The number of halogens is 1. The van der Waals surface area contributed by atoms with Gasteiger partial charge in [-0.3, -0.25) is 4.79 Å². The highest BCUT2D eigenvalue weighted by molar-refractivity contribution is 6.30. The minimum absolute atomic E-state index is 0.0914. The minimum Gasteiger partial charge on any atom is -0.467 e. The number of rotatable bonds is 5. The monoisotopic (exact) mass is 356 g/mol. The minimum atomic E-state index is -0.126. The second-order valence-electron chi connectivity index (χ2n) is 6.20. The zero-order chi connectivity index (χ0) is 18.0. The highest BCUT2D eigenvalue weighted by Gasteiger charge is 2.18. The number of carbonyl (C=O) groups is 1. The summed E-state index contributed by atoms with van der Waals surface area (Å²) in [5.41, 5.74) is 3.60. The summed E-state index contributed by atoms with van der Waals surface area (Å²) in [5.74, 6) is 0.771. The van der Waals surface area contributed by atoms with Crippen molar-refractivity contribution in [3.8, 4) is 0 Å². The maximum atomic E-state index is 12.7. The van der Waals surface area contributed by atoms with E-state index in [4.69, 9.17) is 16.0 Å². The first kappa shape index (κ1) is 17.4. The fourth-order valence-electron chi connectivity index (χ4n) is 2.97. The van der Waals surface area contributed by atoms with Crippen molar-refractivity contribution >= 4 is 17.5 Å². The van der Waals surface area contributed by atoms with Crippen LogP contribution in [-0.4, -0.2) is 10.5 Å². The van der Waals surface area contributed by atoms with Gasteiger partial charge in [-0.1, -0.05) is 23.7 Å². The van der Waals surface area contributed by atoms with Crippen molar-refractivity contribution in [2.45, 2.75) is 33.4 Å². The molecule has 0 radical (unpaired) electrons. The molecule has 1 aromatic carbocycles. The van der Waals surface area contributed by atoms with Crippen LogP contribution >= 0.6 is 11.6 Å². The molecule has 0 aliphatic heterocycles. The van der Waals surface area contributed by atoms with E-state index in [1.54, 1.807) is 6.26 Å². The number of nitrogens with one attached hydrogen (secondary N) is 1. The van der Waals surface area contributed by atoms with E-state index in [1.165, 1.54) is 0 Å². The van der Waals surface area contributed by atoms with Gasteiger partial charge in [-0.2, -0.15) is 0 Å². The van der Waals surface area contributed by atoms with Gasteiger partial charge in [0.2, 0.25) is 0 Å². The number of benzene rings is 1. The fourth-order valence-corrected chi connectivity index (χ4v) is 3.17. The lowest BCUT2D eigenvalue weighted by atomic mass is 10.1. The molecule has 0 aliphatic carbocycles. The lowest BCUT2D eigenvalue weighted by Crippen LogP contribution is -2.27. The first-order chi connectivity index (χ1) is 12.0. The molecular weight excluding hydrogens is 336 g/mol. The van der Waals surface area contributed by atoms with E-state index < -0.39 is 0 Å². The van der Waals surface area contributed by atoms with Crippen LogP contribution in [0.15, 0.2) is 53.1 Å². The van der Waals surface area contributed by atoms with Crippen LogP contribution in [0.5, 0.6) is 0 Å². The number of aryl methyl sites for hydroxylation is 1. The molecule has 1 N–H and O–H groups in total. The molecule has 2 heterocycles. The van der Waals surface area contributed by atoms with Crippen LogP contribution in [0, 0.1) is 13.8 Å². The maximum Gasteiger partial charge on any atom is 0.253 e. The summed E-state index contributed by atoms with van der Waals surface area (Å²) in [4.78, 5) is 12.7. The van der Waals surface area contributed by atoms with Gasteiger partial charge in [-0.05, 0) is 56.7 Å². The Kier molecular flexibility index (Phi) is 5.00. The summed E-state index contributed by atoms with van der Waals surface area (Å²) in [6.07, 6.45) is 1.66. The Morgan fingerprint density at radius 1 is 1.24 bits per heavy atom. The Balaban J connectivity index is 1.78. The summed E-state index contributed by atoms with van der Waals surface area (Å²) in [5, 5.41) is 3.71. The molecule has 0 aliphatic rings. The number of hydrogen-bond donors (Lipinski definition) is 1. The van der Waals surface area contributed by atoms with Gasteiger partial charge >= 0.3 is 0 Å². The number of carbonyl (C=O) groups excluding carboxylic acids is 1. The van der Waals surface area contributed by atoms with Gasteiger partial charge in [0, 0.05) is 16.4 Å². The quantitative estimate of drug-likeness (QED) is 0.707. The Labute approximate surface area is 152 Å². The Morgan fingerprint density at radius 2 is 2.04 bits per heavy atom. The largest absolute Gasteiger partial charge is 0.467 e. The van der Waals surface area contributed by atoms with Crippen molar-refractivity contribution < 1.29 is 9.21 Å². The molecule has 1 amide bonds. The van der Waals surface area contributed by atoms with Crippen LogP contribution in [0.25, 0.3) is 0 Å². The molecule has 3 rings (SSSR count). The van der Waals surface area contributed by atoms with E-state index >= 15 is 0 Å². The number of hydrogen-bond acceptors (Lipinski definition) is 2. The van der Waals surface area contributed by atoms with Gasteiger partial charge in [0.1, 0.15) is 5.76 Å². The molecule has 1 unspecified atom stereocenters. The number of aromatic nitrogens is 1. The summed E-state index contributed by atoms with van der Waals surface area (Å²) in [6, 6.07) is 13.1. The fraction of sp³-hybridized carbons (Fsp3) is 0.250. The van der Waals surface area contributed by atoms with Crippen LogP contribution in [0.1, 0.15) is 46.0 Å². The average molecular weight is 357 g/mol. The van der Waals surface area contributed by atoms with Crippen LogP contribution in [0.2, 0.25) is 5.02 Å². The number of furan rings is 1. The van der Waals surface area contributed by atoms with E-state index in [0.717, 1.165) is 22.7 Å². The first-order valence-corrected chi connectivity index (χ1v) is 8.59. The molecule has 5 heteroatoms. The van der Waals surface area contributed by atoms with Crippen molar-refractivity contribution in [2.24, 2.45) is 0 Å². The maximum absolute atomic E-state index is 12.7. The predicted octanol–water partition coefficient (Wildman–Crippen LogP) is 4.89. The Hall–Kier alpha value is -2.46. The van der Waals surface area contributed by atoms with E-state index in [0.29, 0.717) is 17.1 Å². The third kappa shape index (κ3) is 3.80. The molecule has 25 heavy (non-hydrogen) atoms. The molecule has 3 aromatic rings. The Bertz CT molecular complexity index is 881. The third-order valence-corrected chi connectivity index (χ3v) is 4.64. The lowest BCUT2D eigenvalue weighted by molar-refractivity contribution is 0.0939. The first-order valence-electron chi connectivity index (χ1n) is 8.21. The molecule has 0 saturated carbocycles. The molecule has 0 saturated heterocycles. The number of amides is 1. The molecule has 0 bridgehead atoms. The van der Waals surface area contributed by atoms with Gasteiger partial charge in [0.25, 0.3) is 5.91 Å². The predicted molar refractivity (Wildman–Crippen MR) is 99.0 cm³/mol. The topological polar surface area (TPSA) is 47.2 Å². The molecule has 0 fully saturated rings. The van der Waals surface area contributed by atoms with Gasteiger partial charge in [-0.15, -0.1) is 0 Å². The third-order valence-electron chi connectivity index (χ3n) is 4.41. The molecule has 2 aromatic heterocycles. The summed E-state index contributed by atoms with van der Waals surface area (Å²) in [6.45, 7) is 6.51. The highest BCUT2D eigenvalue weighted by atomic mass is 35.5. The molecule has 4 nitrogen and oxygen atoms in total. The number of nitrogens with zero attached hydrogens (tertiary/aromatic N) is 1. The second-order valence-corrected chi connectivity index (χ2v) is 6.64. The van der Waals surface area contributed by atoms with E-state index in [1.807, 2.05) is 63.2 Å². The van der Waals surface area contributed by atoms with Crippen LogP contribution in [0.4, 0.5) is 0 Å². The van der Waals surface area contributed by atoms with E-state index in [-0.39, 0.29) is 11.9 Å². The standard InChI is InChI=1S/C20H21ClN2O2/c1-13-10-19(15(3)23(13)12-18-8-5-9-25-18)20(24)22-14(2)16-6-4-7-17(21)11-16/h4-11,14H,12H2,1-3H3,(H,22,24). The van der Waals surface area contributed by atoms with Crippen LogP contribution < -0.4 is 5.32 Å². The summed E-state index contributed by atoms with van der Waals surface area (Å²) >= 11 is 6.03. The van der Waals surface area contributed by atoms with Crippen LogP contribution in [-0.2, 0) is 6.54 Å². The van der Waals surface area contributed by atoms with Crippen LogP contribution in [0.3, 0.4) is 0 Å². The molecule has 1 atom stereocenters. The van der Waals surface area contributed by atoms with Crippen molar-refractivity contribution in [3.05, 3.63) is 82.0 Å². The van der Waals surface area contributed by atoms with Crippen molar-refractivity contribution in [1.82, 2.24) is 9.88 Å². The normalized spacial score (nSPS) is 12.2. The molecule has 0 spiro atoms. The van der Waals surface area contributed by atoms with Gasteiger partial charge in [0.15, 0.2) is 0 Å². The Morgan fingerprint density at radius 3 is 2.72 bits per heavy atom. The SMILES string of the molecule is Cc1cc(C(=O)NC(C)c2cccc(Cl)c2)c(C)n1Cc1ccco1. The zero-order valence-corrected chi connectivity index (χ0v) is 15.3. The van der Waals surface area contributed by atoms with E-state index in [2.05, 4.69) is 9.88 Å². The highest BCUT2D eigenvalue weighted by Crippen LogP contribution is 2.21. The van der Waals surface area contributed by atoms with Crippen molar-refractivity contribution in [3.63, 3.8) is 0 Å². The molecule has 130 valence electrons. The smallest absolute Gasteiger partial charge is 0.253 e. The lowest BCUT2D eigenvalue weighted by Gasteiger charge is -2.15. The zero-order valence-electron chi connectivity index (χ0n) is 14.5.